The maximum absolute atomic E-state index is 12.2. The van der Waals surface area contributed by atoms with Crippen molar-refractivity contribution in [2.45, 2.75) is 25.3 Å². The molecule has 1 aliphatic heterocycles. The number of aromatic nitrogens is 3. The van der Waals surface area contributed by atoms with Gasteiger partial charge in [-0.1, -0.05) is 30.3 Å². The van der Waals surface area contributed by atoms with Crippen molar-refractivity contribution in [3.05, 3.63) is 71.4 Å². The number of Topliss-reactive ketones (excluding diaryl/α,β-unsaturated/α-hetero) is 1. The number of hydrogen-bond acceptors (Lipinski definition) is 3. The third kappa shape index (κ3) is 1.75. The summed E-state index contributed by atoms with van der Waals surface area (Å²) in [5.74, 6) is 0.172. The molecule has 1 atom stereocenters. The SMILES string of the molecule is O=C1CCCc2ccc(C3c4ccccc4-c4cncn43)nc21. The van der Waals surface area contributed by atoms with Gasteiger partial charge in [-0.2, -0.15) is 0 Å². The van der Waals surface area contributed by atoms with E-state index in [0.29, 0.717) is 12.1 Å². The average molecular weight is 301 g/mol. The fourth-order valence-corrected chi connectivity index (χ4v) is 3.80. The van der Waals surface area contributed by atoms with E-state index in [4.69, 9.17) is 4.98 Å². The fourth-order valence-electron chi connectivity index (χ4n) is 3.80. The van der Waals surface area contributed by atoms with Crippen LogP contribution in [-0.2, 0) is 6.42 Å². The number of ketones is 1. The van der Waals surface area contributed by atoms with Crippen LogP contribution in [0.15, 0.2) is 48.9 Å². The van der Waals surface area contributed by atoms with Crippen LogP contribution in [0.2, 0.25) is 0 Å². The quantitative estimate of drug-likeness (QED) is 0.541. The molecule has 2 aromatic heterocycles. The first-order chi connectivity index (χ1) is 11.3. The van der Waals surface area contributed by atoms with E-state index in [2.05, 4.69) is 39.9 Å². The minimum atomic E-state index is 0.00345. The molecule has 0 N–H and O–H groups in total. The van der Waals surface area contributed by atoms with Gasteiger partial charge in [0.05, 0.1) is 23.9 Å². The summed E-state index contributed by atoms with van der Waals surface area (Å²) in [6.45, 7) is 0. The van der Waals surface area contributed by atoms with Gasteiger partial charge in [-0.05, 0) is 30.0 Å². The molecule has 0 saturated heterocycles. The molecule has 4 heteroatoms. The van der Waals surface area contributed by atoms with Gasteiger partial charge >= 0.3 is 0 Å². The van der Waals surface area contributed by atoms with Crippen LogP contribution in [0.3, 0.4) is 0 Å². The normalized spacial score (nSPS) is 18.4. The van der Waals surface area contributed by atoms with Gasteiger partial charge in [0.15, 0.2) is 5.78 Å². The highest BCUT2D eigenvalue weighted by Crippen LogP contribution is 2.42. The zero-order valence-electron chi connectivity index (χ0n) is 12.6. The molecule has 4 nitrogen and oxygen atoms in total. The molecule has 3 heterocycles. The topological polar surface area (TPSA) is 47.8 Å². The summed E-state index contributed by atoms with van der Waals surface area (Å²) in [4.78, 5) is 21.3. The zero-order valence-corrected chi connectivity index (χ0v) is 12.6. The van der Waals surface area contributed by atoms with Gasteiger partial charge in [-0.3, -0.25) is 4.79 Å². The zero-order chi connectivity index (χ0) is 15.4. The maximum Gasteiger partial charge on any atom is 0.181 e. The van der Waals surface area contributed by atoms with Crippen LogP contribution in [0.1, 0.15) is 46.2 Å². The summed E-state index contributed by atoms with van der Waals surface area (Å²) in [7, 11) is 0. The van der Waals surface area contributed by atoms with Gasteiger partial charge in [0.2, 0.25) is 0 Å². The van der Waals surface area contributed by atoms with E-state index in [0.717, 1.165) is 29.8 Å². The highest BCUT2D eigenvalue weighted by Gasteiger charge is 2.31. The lowest BCUT2D eigenvalue weighted by atomic mass is 9.93. The second kappa shape index (κ2) is 4.62. The lowest BCUT2D eigenvalue weighted by molar-refractivity contribution is 0.0967. The molecule has 0 amide bonds. The van der Waals surface area contributed by atoms with Crippen LogP contribution in [0, 0.1) is 0 Å². The number of hydrogen-bond donors (Lipinski definition) is 0. The van der Waals surface area contributed by atoms with Crippen molar-refractivity contribution in [1.29, 1.82) is 0 Å². The molecule has 23 heavy (non-hydrogen) atoms. The van der Waals surface area contributed by atoms with E-state index in [9.17, 15) is 4.79 Å². The first-order valence-electron chi connectivity index (χ1n) is 7.97. The highest BCUT2D eigenvalue weighted by molar-refractivity contribution is 5.96. The second-order valence-electron chi connectivity index (χ2n) is 6.20. The standard InChI is InChI=1S/C19H15N3O/c23-17-7-3-4-12-8-9-15(21-18(12)17)19-14-6-2-1-5-13(14)16-10-20-11-22(16)19/h1-2,5-6,8-11,19H,3-4,7H2. The van der Waals surface area contributed by atoms with E-state index in [1.165, 1.54) is 11.1 Å². The van der Waals surface area contributed by atoms with E-state index < -0.39 is 0 Å². The number of benzene rings is 1. The molecule has 0 radical (unpaired) electrons. The Morgan fingerprint density at radius 2 is 2.00 bits per heavy atom. The Morgan fingerprint density at radius 1 is 1.09 bits per heavy atom. The first-order valence-corrected chi connectivity index (χ1v) is 7.97. The average Bonchev–Trinajstić information content (AvgIpc) is 3.16. The molecule has 0 spiro atoms. The minimum Gasteiger partial charge on any atom is -0.317 e. The molecular weight excluding hydrogens is 286 g/mol. The Morgan fingerprint density at radius 3 is 2.96 bits per heavy atom. The lowest BCUT2D eigenvalue weighted by Crippen LogP contribution is -2.17. The second-order valence-corrected chi connectivity index (χ2v) is 6.20. The molecule has 5 rings (SSSR count). The van der Waals surface area contributed by atoms with Crippen LogP contribution < -0.4 is 0 Å². The molecule has 3 aromatic rings. The Hall–Kier alpha value is -2.75. The van der Waals surface area contributed by atoms with Crippen molar-refractivity contribution < 1.29 is 4.79 Å². The van der Waals surface area contributed by atoms with E-state index in [-0.39, 0.29) is 11.8 Å². The maximum atomic E-state index is 12.2. The predicted octanol–water partition coefficient (Wildman–Crippen LogP) is 3.42. The Labute approximate surface area is 133 Å². The molecule has 1 aromatic carbocycles. The molecule has 1 aliphatic carbocycles. The largest absolute Gasteiger partial charge is 0.317 e. The van der Waals surface area contributed by atoms with Gasteiger partial charge < -0.3 is 4.57 Å². The van der Waals surface area contributed by atoms with Crippen LogP contribution in [0.25, 0.3) is 11.3 Å². The predicted molar refractivity (Wildman–Crippen MR) is 86.4 cm³/mol. The molecule has 112 valence electrons. The Bertz CT molecular complexity index is 941. The number of fused-ring (bicyclic) bond motifs is 4. The summed E-state index contributed by atoms with van der Waals surface area (Å²) < 4.78 is 2.15. The van der Waals surface area contributed by atoms with Gasteiger partial charge in [-0.25, -0.2) is 9.97 Å². The third-order valence-electron chi connectivity index (χ3n) is 4.87. The van der Waals surface area contributed by atoms with Crippen molar-refractivity contribution in [2.24, 2.45) is 0 Å². The van der Waals surface area contributed by atoms with E-state index >= 15 is 0 Å². The lowest BCUT2D eigenvalue weighted by Gasteiger charge is -2.19. The van der Waals surface area contributed by atoms with Crippen molar-refractivity contribution >= 4 is 5.78 Å². The molecule has 2 aliphatic rings. The number of nitrogens with zero attached hydrogens (tertiary/aromatic N) is 3. The number of rotatable bonds is 1. The summed E-state index contributed by atoms with van der Waals surface area (Å²) in [5, 5.41) is 0. The monoisotopic (exact) mass is 301 g/mol. The van der Waals surface area contributed by atoms with Crippen LogP contribution in [-0.4, -0.2) is 20.3 Å². The van der Waals surface area contributed by atoms with Crippen molar-refractivity contribution in [2.75, 3.05) is 0 Å². The number of aryl methyl sites for hydroxylation is 1. The van der Waals surface area contributed by atoms with Gasteiger partial charge in [-0.15, -0.1) is 0 Å². The van der Waals surface area contributed by atoms with Crippen LogP contribution in [0.4, 0.5) is 0 Å². The Balaban J connectivity index is 1.71. The fraction of sp³-hybridized carbons (Fsp3) is 0.211. The summed E-state index contributed by atoms with van der Waals surface area (Å²) in [5.41, 5.74) is 6.20. The van der Waals surface area contributed by atoms with Crippen molar-refractivity contribution in [3.63, 3.8) is 0 Å². The van der Waals surface area contributed by atoms with Crippen molar-refractivity contribution in [1.82, 2.24) is 14.5 Å². The molecule has 0 fully saturated rings. The summed E-state index contributed by atoms with van der Waals surface area (Å²) in [6, 6.07) is 12.5. The van der Waals surface area contributed by atoms with Gasteiger partial charge in [0.1, 0.15) is 11.7 Å². The summed E-state index contributed by atoms with van der Waals surface area (Å²) >= 11 is 0. The minimum absolute atomic E-state index is 0.00345. The molecule has 1 unspecified atom stereocenters. The van der Waals surface area contributed by atoms with Crippen LogP contribution >= 0.6 is 0 Å². The third-order valence-corrected chi connectivity index (χ3v) is 4.87. The number of carbonyl (C=O) groups excluding carboxylic acids is 1. The molecule has 0 bridgehead atoms. The molecular formula is C19H15N3O. The van der Waals surface area contributed by atoms with Crippen molar-refractivity contribution in [3.8, 4) is 11.3 Å². The first kappa shape index (κ1) is 12.8. The van der Waals surface area contributed by atoms with Gasteiger partial charge in [0, 0.05) is 12.0 Å². The summed E-state index contributed by atoms with van der Waals surface area (Å²) in [6.07, 6.45) is 6.24. The number of carbonyl (C=O) groups is 1. The highest BCUT2D eigenvalue weighted by atomic mass is 16.1. The number of pyridine rings is 1. The smallest absolute Gasteiger partial charge is 0.181 e. The Kier molecular flexibility index (Phi) is 2.56. The number of imidazole rings is 1. The molecule has 0 saturated carbocycles. The van der Waals surface area contributed by atoms with E-state index in [1.54, 1.807) is 0 Å². The van der Waals surface area contributed by atoms with E-state index in [1.807, 2.05) is 18.6 Å². The van der Waals surface area contributed by atoms with Crippen LogP contribution in [0.5, 0.6) is 0 Å². The van der Waals surface area contributed by atoms with Gasteiger partial charge in [0.25, 0.3) is 0 Å².